The maximum atomic E-state index is 12.0. The lowest BCUT2D eigenvalue weighted by atomic mass is 9.95. The van der Waals surface area contributed by atoms with Crippen LogP contribution in [0.2, 0.25) is 0 Å². The highest BCUT2D eigenvalue weighted by Gasteiger charge is 2.46. The zero-order chi connectivity index (χ0) is 15.7. The Morgan fingerprint density at radius 2 is 2.32 bits per heavy atom. The van der Waals surface area contributed by atoms with Crippen molar-refractivity contribution < 1.29 is 9.53 Å². The second-order valence-corrected chi connectivity index (χ2v) is 5.89. The van der Waals surface area contributed by atoms with Crippen LogP contribution in [0.1, 0.15) is 18.4 Å². The number of amides is 1. The summed E-state index contributed by atoms with van der Waals surface area (Å²) in [6.07, 6.45) is 1.68. The molecule has 7 nitrogen and oxygen atoms in total. The number of likely N-dealkylation sites (tertiary alicyclic amines) is 1. The molecule has 1 fully saturated rings. The fourth-order valence-electron chi connectivity index (χ4n) is 3.32. The Kier molecular flexibility index (Phi) is 3.84. The van der Waals surface area contributed by atoms with Gasteiger partial charge in [0.2, 0.25) is 5.91 Å². The number of fused-ring (bicyclic) bond motifs is 1. The first-order valence-corrected chi connectivity index (χ1v) is 7.39. The zero-order valence-electron chi connectivity index (χ0n) is 13.0. The molecule has 3 rings (SSSR count). The molecule has 1 aliphatic rings. The predicted molar refractivity (Wildman–Crippen MR) is 82.0 cm³/mol. The van der Waals surface area contributed by atoms with Crippen LogP contribution in [0.3, 0.4) is 0 Å². The van der Waals surface area contributed by atoms with Crippen LogP contribution in [-0.4, -0.2) is 51.6 Å². The second-order valence-electron chi connectivity index (χ2n) is 5.89. The topological polar surface area (TPSA) is 86.3 Å². The summed E-state index contributed by atoms with van der Waals surface area (Å²) in [7, 11) is 3.47. The first-order valence-electron chi connectivity index (χ1n) is 7.39. The van der Waals surface area contributed by atoms with Gasteiger partial charge in [0.25, 0.3) is 0 Å². The number of nitrogens with two attached hydrogens (primary N) is 1. The summed E-state index contributed by atoms with van der Waals surface area (Å²) in [6, 6.07) is 6.06. The lowest BCUT2D eigenvalue weighted by Gasteiger charge is -2.35. The molecule has 0 spiro atoms. The van der Waals surface area contributed by atoms with Crippen molar-refractivity contribution >= 4 is 16.9 Å². The molecule has 1 amide bonds. The molecule has 0 saturated carbocycles. The minimum Gasteiger partial charge on any atom is -0.382 e. The highest BCUT2D eigenvalue weighted by Crippen LogP contribution is 2.31. The molecule has 118 valence electrons. The molecule has 0 bridgehead atoms. The van der Waals surface area contributed by atoms with Crippen molar-refractivity contribution in [2.24, 2.45) is 12.8 Å². The predicted octanol–water partition coefficient (Wildman–Crippen LogP) is 0.435. The average Bonchev–Trinajstić information content (AvgIpc) is 3.05. The number of carbonyl (C=O) groups is 1. The fraction of sp³-hybridized carbons (Fsp3) is 0.533. The van der Waals surface area contributed by atoms with E-state index < -0.39 is 5.54 Å². The van der Waals surface area contributed by atoms with Gasteiger partial charge in [0, 0.05) is 20.7 Å². The Morgan fingerprint density at radius 1 is 1.50 bits per heavy atom. The minimum absolute atomic E-state index is 0.313. The summed E-state index contributed by atoms with van der Waals surface area (Å²) < 4.78 is 7.01. The van der Waals surface area contributed by atoms with E-state index in [1.165, 1.54) is 0 Å². The Balaban J connectivity index is 1.87. The normalized spacial score (nSPS) is 22.5. The molecule has 1 unspecified atom stereocenters. The van der Waals surface area contributed by atoms with E-state index in [9.17, 15) is 4.79 Å². The maximum Gasteiger partial charge on any atom is 0.240 e. The molecular formula is C15H21N5O2. The molecule has 1 atom stereocenters. The van der Waals surface area contributed by atoms with Crippen LogP contribution in [0, 0.1) is 0 Å². The molecular weight excluding hydrogens is 282 g/mol. The fourth-order valence-corrected chi connectivity index (χ4v) is 3.32. The van der Waals surface area contributed by atoms with E-state index in [2.05, 4.69) is 15.2 Å². The van der Waals surface area contributed by atoms with E-state index >= 15 is 0 Å². The minimum atomic E-state index is -0.702. The number of ether oxygens (including phenoxy) is 1. The summed E-state index contributed by atoms with van der Waals surface area (Å²) >= 11 is 0. The van der Waals surface area contributed by atoms with Gasteiger partial charge in [-0.05, 0) is 37.1 Å². The largest absolute Gasteiger partial charge is 0.382 e. The van der Waals surface area contributed by atoms with Crippen LogP contribution >= 0.6 is 0 Å². The van der Waals surface area contributed by atoms with Gasteiger partial charge < -0.3 is 10.5 Å². The van der Waals surface area contributed by atoms with E-state index in [-0.39, 0.29) is 5.91 Å². The van der Waals surface area contributed by atoms with Gasteiger partial charge >= 0.3 is 0 Å². The highest BCUT2D eigenvalue weighted by atomic mass is 16.5. The number of primary amides is 1. The molecule has 1 saturated heterocycles. The smallest absolute Gasteiger partial charge is 0.240 e. The van der Waals surface area contributed by atoms with Crippen molar-refractivity contribution in [3.05, 3.63) is 23.8 Å². The van der Waals surface area contributed by atoms with Crippen molar-refractivity contribution in [3.8, 4) is 0 Å². The van der Waals surface area contributed by atoms with Crippen molar-refractivity contribution in [1.82, 2.24) is 19.9 Å². The van der Waals surface area contributed by atoms with Crippen LogP contribution < -0.4 is 5.73 Å². The van der Waals surface area contributed by atoms with E-state index in [1.807, 2.05) is 25.2 Å². The number of hydrogen-bond donors (Lipinski definition) is 1. The van der Waals surface area contributed by atoms with E-state index in [0.717, 1.165) is 36.0 Å². The summed E-state index contributed by atoms with van der Waals surface area (Å²) in [5, 5.41) is 8.15. The number of aromatic nitrogens is 3. The summed E-state index contributed by atoms with van der Waals surface area (Å²) in [6.45, 7) is 1.82. The second kappa shape index (κ2) is 5.66. The van der Waals surface area contributed by atoms with Crippen LogP contribution in [0.4, 0.5) is 0 Å². The average molecular weight is 303 g/mol. The quantitative estimate of drug-likeness (QED) is 0.866. The number of carbonyl (C=O) groups excluding carboxylic acids is 1. The van der Waals surface area contributed by atoms with E-state index in [0.29, 0.717) is 13.2 Å². The zero-order valence-corrected chi connectivity index (χ0v) is 13.0. The van der Waals surface area contributed by atoms with Crippen molar-refractivity contribution in [1.29, 1.82) is 0 Å². The van der Waals surface area contributed by atoms with Crippen LogP contribution in [0.25, 0.3) is 11.0 Å². The first-order chi connectivity index (χ1) is 10.6. The molecule has 0 aliphatic carbocycles. The van der Waals surface area contributed by atoms with Gasteiger partial charge in [-0.2, -0.15) is 0 Å². The van der Waals surface area contributed by atoms with Crippen LogP contribution in [0.5, 0.6) is 0 Å². The molecule has 2 aromatic rings. The number of methoxy groups -OCH3 is 1. The molecule has 2 heterocycles. The maximum absolute atomic E-state index is 12.0. The Labute approximate surface area is 129 Å². The molecule has 7 heteroatoms. The van der Waals surface area contributed by atoms with Crippen molar-refractivity contribution in [3.63, 3.8) is 0 Å². The summed E-state index contributed by atoms with van der Waals surface area (Å²) in [4.78, 5) is 14.1. The molecule has 22 heavy (non-hydrogen) atoms. The van der Waals surface area contributed by atoms with Gasteiger partial charge in [0.05, 0.1) is 12.1 Å². The lowest BCUT2D eigenvalue weighted by molar-refractivity contribution is -0.132. The van der Waals surface area contributed by atoms with Crippen molar-refractivity contribution in [2.45, 2.75) is 24.9 Å². The number of aryl methyl sites for hydroxylation is 1. The van der Waals surface area contributed by atoms with Gasteiger partial charge in [0.1, 0.15) is 11.1 Å². The van der Waals surface area contributed by atoms with Crippen LogP contribution in [-0.2, 0) is 23.1 Å². The highest BCUT2D eigenvalue weighted by molar-refractivity contribution is 5.85. The van der Waals surface area contributed by atoms with Gasteiger partial charge in [0.15, 0.2) is 0 Å². The SMILES string of the molecule is COCC1(C(N)=O)CCCN1Cc1ccc2c(c1)nnn2C. The third-order valence-corrected chi connectivity index (χ3v) is 4.51. The number of hydrogen-bond acceptors (Lipinski definition) is 5. The molecule has 0 radical (unpaired) electrons. The number of rotatable bonds is 5. The van der Waals surface area contributed by atoms with E-state index in [4.69, 9.17) is 10.5 Å². The third kappa shape index (κ3) is 2.36. The Bertz CT molecular complexity index is 698. The number of benzene rings is 1. The molecule has 1 aliphatic heterocycles. The van der Waals surface area contributed by atoms with Crippen molar-refractivity contribution in [2.75, 3.05) is 20.3 Å². The Hall–Kier alpha value is -1.99. The summed E-state index contributed by atoms with van der Waals surface area (Å²) in [5.41, 5.74) is 7.91. The summed E-state index contributed by atoms with van der Waals surface area (Å²) in [5.74, 6) is -0.313. The van der Waals surface area contributed by atoms with E-state index in [1.54, 1.807) is 11.8 Å². The van der Waals surface area contributed by atoms with Crippen LogP contribution in [0.15, 0.2) is 18.2 Å². The monoisotopic (exact) mass is 303 g/mol. The van der Waals surface area contributed by atoms with Gasteiger partial charge in [-0.25, -0.2) is 4.68 Å². The van der Waals surface area contributed by atoms with Gasteiger partial charge in [-0.3, -0.25) is 9.69 Å². The lowest BCUT2D eigenvalue weighted by Crippen LogP contribution is -2.56. The first kappa shape index (κ1) is 14.9. The Morgan fingerprint density at radius 3 is 3.05 bits per heavy atom. The molecule has 1 aromatic heterocycles. The molecule has 1 aromatic carbocycles. The van der Waals surface area contributed by atoms with Gasteiger partial charge in [-0.1, -0.05) is 11.3 Å². The standard InChI is InChI=1S/C15H21N5O2/c1-19-13-5-4-11(8-12(13)17-18-19)9-20-7-3-6-15(20,10-22-2)14(16)21/h4-5,8H,3,6-7,9-10H2,1-2H3,(H2,16,21). The third-order valence-electron chi connectivity index (χ3n) is 4.51. The van der Waals surface area contributed by atoms with Gasteiger partial charge in [-0.15, -0.1) is 5.10 Å². The molecule has 2 N–H and O–H groups in total. The number of nitrogens with zero attached hydrogens (tertiary/aromatic N) is 4.